The van der Waals surface area contributed by atoms with Gasteiger partial charge < -0.3 is 10.2 Å². The number of nitrogens with two attached hydrogens (primary N) is 1. The van der Waals surface area contributed by atoms with Gasteiger partial charge in [-0.05, 0) is 6.92 Å². The molecular formula is C10H11N3O4. The SMILES string of the molecule is Cc1oc2c(c1CC(N)=O)c(=O)[nH]c(=O)n2C. The van der Waals surface area contributed by atoms with Crippen LogP contribution in [-0.4, -0.2) is 15.5 Å². The molecule has 3 N–H and O–H groups in total. The lowest BCUT2D eigenvalue weighted by molar-refractivity contribution is -0.117. The van der Waals surface area contributed by atoms with Gasteiger partial charge in [-0.1, -0.05) is 0 Å². The van der Waals surface area contributed by atoms with Crippen LogP contribution in [0.4, 0.5) is 0 Å². The van der Waals surface area contributed by atoms with Gasteiger partial charge in [0.1, 0.15) is 11.1 Å². The Kier molecular flexibility index (Phi) is 2.38. The number of aromatic amines is 1. The largest absolute Gasteiger partial charge is 0.444 e. The molecule has 0 aromatic carbocycles. The number of H-pyrrole nitrogens is 1. The fourth-order valence-corrected chi connectivity index (χ4v) is 1.76. The van der Waals surface area contributed by atoms with Crippen LogP contribution in [0.5, 0.6) is 0 Å². The molecule has 0 aliphatic rings. The standard InChI is InChI=1S/C10H11N3O4/c1-4-5(3-6(11)14)7-8(15)12-10(16)13(2)9(7)17-4/h3H2,1-2H3,(H2,11,14)(H,12,15,16). The molecule has 1 amide bonds. The molecule has 0 unspecified atom stereocenters. The Morgan fingerprint density at radius 1 is 1.47 bits per heavy atom. The molecule has 0 radical (unpaired) electrons. The Hall–Kier alpha value is -2.31. The molecule has 0 spiro atoms. The minimum absolute atomic E-state index is 0.0971. The predicted molar refractivity (Wildman–Crippen MR) is 59.7 cm³/mol. The molecule has 90 valence electrons. The minimum Gasteiger partial charge on any atom is -0.444 e. The van der Waals surface area contributed by atoms with Gasteiger partial charge in [-0.25, -0.2) is 4.79 Å². The Morgan fingerprint density at radius 2 is 2.12 bits per heavy atom. The molecule has 0 saturated heterocycles. The van der Waals surface area contributed by atoms with Crippen molar-refractivity contribution < 1.29 is 9.21 Å². The van der Waals surface area contributed by atoms with Gasteiger partial charge in [-0.3, -0.25) is 19.1 Å². The maximum absolute atomic E-state index is 11.7. The van der Waals surface area contributed by atoms with Crippen molar-refractivity contribution in [2.75, 3.05) is 0 Å². The van der Waals surface area contributed by atoms with E-state index in [1.807, 2.05) is 0 Å². The van der Waals surface area contributed by atoms with E-state index >= 15 is 0 Å². The molecule has 17 heavy (non-hydrogen) atoms. The van der Waals surface area contributed by atoms with E-state index < -0.39 is 17.2 Å². The smallest absolute Gasteiger partial charge is 0.330 e. The third-order valence-electron chi connectivity index (χ3n) is 2.60. The minimum atomic E-state index is -0.573. The molecule has 7 heteroatoms. The van der Waals surface area contributed by atoms with Crippen molar-refractivity contribution in [1.29, 1.82) is 0 Å². The fourth-order valence-electron chi connectivity index (χ4n) is 1.76. The normalized spacial score (nSPS) is 10.9. The number of amides is 1. The Bertz CT molecular complexity index is 719. The Balaban J connectivity index is 2.92. The van der Waals surface area contributed by atoms with Crippen LogP contribution in [-0.2, 0) is 18.3 Å². The van der Waals surface area contributed by atoms with Crippen molar-refractivity contribution in [2.24, 2.45) is 12.8 Å². The van der Waals surface area contributed by atoms with E-state index in [4.69, 9.17) is 10.2 Å². The number of carbonyl (C=O) groups excluding carboxylic acids is 1. The Morgan fingerprint density at radius 3 is 2.71 bits per heavy atom. The second kappa shape index (κ2) is 3.62. The summed E-state index contributed by atoms with van der Waals surface area (Å²) in [6, 6.07) is 0. The molecule has 0 aliphatic heterocycles. The van der Waals surface area contributed by atoms with Crippen LogP contribution in [0.3, 0.4) is 0 Å². The summed E-state index contributed by atoms with van der Waals surface area (Å²) in [7, 11) is 1.47. The number of aryl methyl sites for hydroxylation is 2. The van der Waals surface area contributed by atoms with Crippen molar-refractivity contribution in [3.8, 4) is 0 Å². The van der Waals surface area contributed by atoms with E-state index in [9.17, 15) is 14.4 Å². The average Bonchev–Trinajstić information content (AvgIpc) is 2.53. The highest BCUT2D eigenvalue weighted by molar-refractivity contribution is 5.85. The van der Waals surface area contributed by atoms with Crippen LogP contribution in [0.25, 0.3) is 11.1 Å². The Labute approximate surface area is 94.8 Å². The highest BCUT2D eigenvalue weighted by Crippen LogP contribution is 2.21. The van der Waals surface area contributed by atoms with Crippen LogP contribution < -0.4 is 17.0 Å². The van der Waals surface area contributed by atoms with Crippen LogP contribution in [0.15, 0.2) is 14.0 Å². The molecule has 7 nitrogen and oxygen atoms in total. The summed E-state index contributed by atoms with van der Waals surface area (Å²) in [6.45, 7) is 1.61. The molecule has 0 aliphatic carbocycles. The number of rotatable bonds is 2. The number of nitrogens with one attached hydrogen (secondary N) is 1. The van der Waals surface area contributed by atoms with Gasteiger partial charge in [0.2, 0.25) is 11.6 Å². The molecule has 0 fully saturated rings. The van der Waals surface area contributed by atoms with Crippen molar-refractivity contribution in [3.05, 3.63) is 32.2 Å². The third-order valence-corrected chi connectivity index (χ3v) is 2.60. The van der Waals surface area contributed by atoms with Crippen molar-refractivity contribution in [1.82, 2.24) is 9.55 Å². The zero-order valence-electron chi connectivity index (χ0n) is 9.36. The summed E-state index contributed by atoms with van der Waals surface area (Å²) in [5, 5.41) is 0.198. The summed E-state index contributed by atoms with van der Waals surface area (Å²) in [6.07, 6.45) is -0.0971. The maximum atomic E-state index is 11.7. The number of aromatic nitrogens is 2. The topological polar surface area (TPSA) is 111 Å². The van der Waals surface area contributed by atoms with Gasteiger partial charge in [0, 0.05) is 12.6 Å². The van der Waals surface area contributed by atoms with Gasteiger partial charge >= 0.3 is 5.69 Å². The van der Waals surface area contributed by atoms with Crippen LogP contribution in [0, 0.1) is 6.92 Å². The highest BCUT2D eigenvalue weighted by atomic mass is 16.3. The van der Waals surface area contributed by atoms with Crippen LogP contribution in [0.2, 0.25) is 0 Å². The lowest BCUT2D eigenvalue weighted by Crippen LogP contribution is -2.28. The van der Waals surface area contributed by atoms with E-state index in [0.717, 1.165) is 0 Å². The van der Waals surface area contributed by atoms with Gasteiger partial charge in [-0.2, -0.15) is 0 Å². The lowest BCUT2D eigenvalue weighted by Gasteiger charge is -1.97. The second-order valence-electron chi connectivity index (χ2n) is 3.78. The van der Waals surface area contributed by atoms with E-state index in [-0.39, 0.29) is 17.5 Å². The summed E-state index contributed by atoms with van der Waals surface area (Å²) in [5.41, 5.74) is 4.53. The van der Waals surface area contributed by atoms with E-state index in [1.54, 1.807) is 6.92 Å². The predicted octanol–water partition coefficient (Wildman–Crippen LogP) is -0.844. The number of nitrogens with zero attached hydrogens (tertiary/aromatic N) is 1. The van der Waals surface area contributed by atoms with Gasteiger partial charge in [0.05, 0.1) is 6.42 Å². The highest BCUT2D eigenvalue weighted by Gasteiger charge is 2.18. The third kappa shape index (κ3) is 1.65. The summed E-state index contributed by atoms with van der Waals surface area (Å²) in [4.78, 5) is 36.1. The van der Waals surface area contributed by atoms with Crippen molar-refractivity contribution >= 4 is 17.0 Å². The number of fused-ring (bicyclic) bond motifs is 1. The van der Waals surface area contributed by atoms with E-state index in [2.05, 4.69) is 4.98 Å². The number of hydrogen-bond donors (Lipinski definition) is 2. The van der Waals surface area contributed by atoms with E-state index in [0.29, 0.717) is 11.3 Å². The first-order chi connectivity index (χ1) is 7.91. The first-order valence-corrected chi connectivity index (χ1v) is 4.91. The molecule has 0 atom stereocenters. The first kappa shape index (κ1) is 11.2. The summed E-state index contributed by atoms with van der Waals surface area (Å²) in [5.74, 6) is -0.158. The molecular weight excluding hydrogens is 226 g/mol. The van der Waals surface area contributed by atoms with Gasteiger partial charge in [0.25, 0.3) is 5.56 Å². The number of hydrogen-bond acceptors (Lipinski definition) is 4. The van der Waals surface area contributed by atoms with Crippen molar-refractivity contribution in [3.63, 3.8) is 0 Å². The summed E-state index contributed by atoms with van der Waals surface area (Å²) >= 11 is 0. The van der Waals surface area contributed by atoms with Crippen LogP contribution >= 0.6 is 0 Å². The van der Waals surface area contributed by atoms with Gasteiger partial charge in [0.15, 0.2) is 0 Å². The maximum Gasteiger partial charge on any atom is 0.330 e. The number of primary amides is 1. The monoisotopic (exact) mass is 237 g/mol. The van der Waals surface area contributed by atoms with Crippen LogP contribution in [0.1, 0.15) is 11.3 Å². The molecule has 2 rings (SSSR count). The second-order valence-corrected chi connectivity index (χ2v) is 3.78. The number of carbonyl (C=O) groups is 1. The first-order valence-electron chi connectivity index (χ1n) is 4.91. The molecule has 2 heterocycles. The average molecular weight is 237 g/mol. The molecule has 0 bridgehead atoms. The molecule has 0 saturated carbocycles. The van der Waals surface area contributed by atoms with E-state index in [1.165, 1.54) is 11.6 Å². The van der Waals surface area contributed by atoms with Crippen molar-refractivity contribution in [2.45, 2.75) is 13.3 Å². The fraction of sp³-hybridized carbons (Fsp3) is 0.300. The lowest BCUT2D eigenvalue weighted by atomic mass is 10.1. The molecule has 2 aromatic rings. The zero-order valence-corrected chi connectivity index (χ0v) is 9.36. The number of furan rings is 1. The van der Waals surface area contributed by atoms with Gasteiger partial charge in [-0.15, -0.1) is 0 Å². The molecule has 2 aromatic heterocycles. The zero-order chi connectivity index (χ0) is 12.7. The quantitative estimate of drug-likeness (QED) is 0.708. The summed E-state index contributed by atoms with van der Waals surface area (Å²) < 4.78 is 6.50.